The Hall–Kier alpha value is -2.82. The van der Waals surface area contributed by atoms with E-state index in [0.717, 1.165) is 12.0 Å². The molecule has 3 rings (SSSR count). The molecule has 0 bridgehead atoms. The minimum atomic E-state index is -1.21. The Morgan fingerprint density at radius 2 is 1.48 bits per heavy atom. The van der Waals surface area contributed by atoms with E-state index < -0.39 is 37.6 Å². The first-order valence-corrected chi connectivity index (χ1v) is 8.76. The molecule has 1 aromatic carbocycles. The third kappa shape index (κ3) is 4.88. The van der Waals surface area contributed by atoms with Gasteiger partial charge in [-0.05, 0) is 44.7 Å². The molecule has 2 saturated heterocycles. The molecular formula is C16H22N4O7. The summed E-state index contributed by atoms with van der Waals surface area (Å²) in [7, 11) is 0. The second kappa shape index (κ2) is 8.71. The number of piperidine rings is 2. The summed E-state index contributed by atoms with van der Waals surface area (Å²) in [6.45, 7) is 5.20. The monoisotopic (exact) mass is 382 g/mol. The molecule has 27 heavy (non-hydrogen) atoms. The van der Waals surface area contributed by atoms with E-state index in [2.05, 4.69) is 11.8 Å². The zero-order valence-electron chi connectivity index (χ0n) is 14.9. The van der Waals surface area contributed by atoms with Gasteiger partial charge < -0.3 is 10.0 Å². The Labute approximate surface area is 155 Å². The molecule has 0 saturated carbocycles. The smallest absolute Gasteiger partial charge is 0.324 e. The van der Waals surface area contributed by atoms with Crippen molar-refractivity contribution >= 4 is 17.1 Å². The first-order chi connectivity index (χ1) is 12.7. The lowest BCUT2D eigenvalue weighted by Gasteiger charge is -2.43. The molecule has 2 fully saturated rings. The fourth-order valence-electron chi connectivity index (χ4n) is 3.72. The van der Waals surface area contributed by atoms with Crippen molar-refractivity contribution in [2.75, 3.05) is 13.1 Å². The normalized spacial score (nSPS) is 22.1. The molecule has 1 N–H and O–H groups in total. The van der Waals surface area contributed by atoms with Crippen LogP contribution in [0.4, 0.5) is 17.1 Å². The van der Waals surface area contributed by atoms with Crippen LogP contribution in [0.5, 0.6) is 5.75 Å². The molecule has 0 aromatic heterocycles. The van der Waals surface area contributed by atoms with E-state index >= 15 is 0 Å². The average Bonchev–Trinajstić information content (AvgIpc) is 2.62. The number of phenols is 1. The van der Waals surface area contributed by atoms with Crippen LogP contribution in [-0.4, -0.2) is 43.9 Å². The van der Waals surface area contributed by atoms with Crippen LogP contribution in [-0.2, 0) is 0 Å². The number of non-ortho nitro benzene ring substituents is 1. The molecule has 2 aliphatic rings. The highest BCUT2D eigenvalue weighted by atomic mass is 16.6. The maximum atomic E-state index is 10.4. The quantitative estimate of drug-likeness (QED) is 0.616. The van der Waals surface area contributed by atoms with Crippen molar-refractivity contribution in [3.05, 3.63) is 42.5 Å². The zero-order valence-corrected chi connectivity index (χ0v) is 14.9. The first kappa shape index (κ1) is 20.5. The number of phenolic OH excluding ortho intramolecular Hbond substituents is 1. The van der Waals surface area contributed by atoms with Gasteiger partial charge in [-0.1, -0.05) is 13.3 Å². The number of nitro groups is 3. The summed E-state index contributed by atoms with van der Waals surface area (Å²) in [5, 5.41) is 40.2. The number of hydrogen-bond acceptors (Lipinski definition) is 8. The van der Waals surface area contributed by atoms with Crippen LogP contribution in [0, 0.1) is 36.3 Å². The van der Waals surface area contributed by atoms with Crippen LogP contribution < -0.4 is 0 Å². The summed E-state index contributed by atoms with van der Waals surface area (Å²) in [6.07, 6.45) is 7.31. The van der Waals surface area contributed by atoms with E-state index in [9.17, 15) is 30.3 Å². The number of benzene rings is 1. The molecule has 0 amide bonds. The summed E-state index contributed by atoms with van der Waals surface area (Å²) in [4.78, 5) is 30.5. The second-order valence-electron chi connectivity index (χ2n) is 6.82. The van der Waals surface area contributed by atoms with Crippen LogP contribution in [0.25, 0.3) is 0 Å². The number of nitro benzene ring substituents is 3. The van der Waals surface area contributed by atoms with Crippen molar-refractivity contribution < 1.29 is 19.9 Å². The predicted molar refractivity (Wildman–Crippen MR) is 95.7 cm³/mol. The largest absolute Gasteiger partial charge is 0.497 e. The maximum absolute atomic E-state index is 10.4. The Morgan fingerprint density at radius 3 is 1.96 bits per heavy atom. The summed E-state index contributed by atoms with van der Waals surface area (Å²) in [5.41, 5.74) is -3.00. The minimum absolute atomic E-state index is 0.447. The van der Waals surface area contributed by atoms with Crippen molar-refractivity contribution in [2.45, 2.75) is 45.1 Å². The van der Waals surface area contributed by atoms with E-state index in [1.54, 1.807) is 0 Å². The van der Waals surface area contributed by atoms with Crippen LogP contribution in [0.2, 0.25) is 0 Å². The van der Waals surface area contributed by atoms with Gasteiger partial charge in [-0.15, -0.1) is 0 Å². The molecule has 2 aliphatic heterocycles. The summed E-state index contributed by atoms with van der Waals surface area (Å²) < 4.78 is 0. The highest BCUT2D eigenvalue weighted by Gasteiger charge is 2.30. The average molecular weight is 382 g/mol. The molecule has 1 unspecified atom stereocenters. The lowest BCUT2D eigenvalue weighted by Crippen LogP contribution is -2.46. The second-order valence-corrected chi connectivity index (χ2v) is 6.82. The van der Waals surface area contributed by atoms with Gasteiger partial charge in [0.1, 0.15) is 0 Å². The van der Waals surface area contributed by atoms with Gasteiger partial charge in [0.15, 0.2) is 0 Å². The topological polar surface area (TPSA) is 153 Å². The van der Waals surface area contributed by atoms with E-state index in [0.29, 0.717) is 12.1 Å². The van der Waals surface area contributed by atoms with Gasteiger partial charge in [0, 0.05) is 6.04 Å². The molecule has 0 aliphatic carbocycles. The summed E-state index contributed by atoms with van der Waals surface area (Å²) in [5.74, 6) is -0.232. The third-order valence-corrected chi connectivity index (χ3v) is 5.08. The van der Waals surface area contributed by atoms with Crippen molar-refractivity contribution in [1.29, 1.82) is 0 Å². The summed E-state index contributed by atoms with van der Waals surface area (Å²) >= 11 is 0. The van der Waals surface area contributed by atoms with Gasteiger partial charge in [-0.3, -0.25) is 30.3 Å². The van der Waals surface area contributed by atoms with Gasteiger partial charge in [-0.25, -0.2) is 0 Å². The molecule has 0 radical (unpaired) electrons. The molecule has 11 heteroatoms. The van der Waals surface area contributed by atoms with Gasteiger partial charge in [0.05, 0.1) is 26.9 Å². The van der Waals surface area contributed by atoms with Crippen molar-refractivity contribution in [1.82, 2.24) is 4.90 Å². The lowest BCUT2D eigenvalue weighted by atomic mass is 9.85. The molecule has 0 spiro atoms. The van der Waals surface area contributed by atoms with Gasteiger partial charge in [-0.2, -0.15) is 0 Å². The molecular weight excluding hydrogens is 360 g/mol. The van der Waals surface area contributed by atoms with Crippen LogP contribution in [0.1, 0.15) is 39.0 Å². The van der Waals surface area contributed by atoms with Crippen LogP contribution in [0.15, 0.2) is 12.1 Å². The van der Waals surface area contributed by atoms with Crippen molar-refractivity contribution in [3.8, 4) is 5.75 Å². The Balaban J connectivity index is 0.000000206. The number of fused-ring (bicyclic) bond motifs is 1. The molecule has 2 atom stereocenters. The highest BCUT2D eigenvalue weighted by Crippen LogP contribution is 2.39. The number of rotatable bonds is 3. The summed E-state index contributed by atoms with van der Waals surface area (Å²) in [6, 6.07) is 1.85. The number of nitrogens with zero attached hydrogens (tertiary/aromatic N) is 4. The van der Waals surface area contributed by atoms with Crippen molar-refractivity contribution in [3.63, 3.8) is 0 Å². The van der Waals surface area contributed by atoms with E-state index in [4.69, 9.17) is 5.11 Å². The number of hydrogen-bond donors (Lipinski definition) is 1. The first-order valence-electron chi connectivity index (χ1n) is 8.76. The van der Waals surface area contributed by atoms with Crippen LogP contribution >= 0.6 is 0 Å². The number of aromatic hydroxyl groups is 1. The van der Waals surface area contributed by atoms with Crippen molar-refractivity contribution in [2.24, 2.45) is 5.92 Å². The standard InChI is InChI=1S/C10H19N.C6H3N3O7/c1-9-5-4-8-11-7-3-2-6-10(9)11;10-6-4(8(13)14)1-3(7(11)12)2-5(6)9(15)16/h9-10H,2-8H2,1H3;1-2,10H/t9-,10?;/m1./s1. The zero-order chi connectivity index (χ0) is 20.1. The third-order valence-electron chi connectivity index (χ3n) is 5.08. The Kier molecular flexibility index (Phi) is 6.61. The molecule has 11 nitrogen and oxygen atoms in total. The SMILES string of the molecule is C[C@@H]1CCCN2CCCCC12.O=[N+]([O-])c1cc([N+](=O)[O-])c(O)c([N+](=O)[O-])c1. The molecule has 1 aromatic rings. The van der Waals surface area contributed by atoms with E-state index in [-0.39, 0.29) is 0 Å². The maximum Gasteiger partial charge on any atom is 0.324 e. The Bertz CT molecular complexity index is 702. The fourth-order valence-corrected chi connectivity index (χ4v) is 3.72. The molecule has 148 valence electrons. The predicted octanol–water partition coefficient (Wildman–Crippen LogP) is 3.39. The van der Waals surface area contributed by atoms with Crippen LogP contribution in [0.3, 0.4) is 0 Å². The van der Waals surface area contributed by atoms with Gasteiger partial charge in [0.2, 0.25) is 0 Å². The fraction of sp³-hybridized carbons (Fsp3) is 0.625. The van der Waals surface area contributed by atoms with Gasteiger partial charge in [0.25, 0.3) is 11.4 Å². The minimum Gasteiger partial charge on any atom is -0.497 e. The lowest BCUT2D eigenvalue weighted by molar-refractivity contribution is -0.404. The Morgan fingerprint density at radius 1 is 0.926 bits per heavy atom. The molecule has 2 heterocycles. The van der Waals surface area contributed by atoms with E-state index in [1.807, 2.05) is 0 Å². The highest BCUT2D eigenvalue weighted by molar-refractivity contribution is 5.64. The van der Waals surface area contributed by atoms with E-state index in [1.165, 1.54) is 45.2 Å². The van der Waals surface area contributed by atoms with Gasteiger partial charge >= 0.3 is 11.4 Å².